The van der Waals surface area contributed by atoms with Crippen molar-refractivity contribution < 1.29 is 27.5 Å². The number of ether oxygens (including phenoxy) is 1. The molecule has 1 atom stereocenters. The first-order valence-corrected chi connectivity index (χ1v) is 8.12. The number of benzene rings is 2. The molecule has 0 aliphatic carbocycles. The number of carbonyl (C=O) groups excluding carboxylic acids is 2. The first-order valence-electron chi connectivity index (χ1n) is 8.12. The minimum Gasteiger partial charge on any atom is -0.484 e. The van der Waals surface area contributed by atoms with Crippen LogP contribution in [0.1, 0.15) is 24.2 Å². The van der Waals surface area contributed by atoms with Crippen LogP contribution in [0.5, 0.6) is 5.75 Å². The molecule has 1 amide bonds. The molecular formula is C19H19F3N2O3. The molecule has 2 rings (SSSR count). The van der Waals surface area contributed by atoms with Gasteiger partial charge >= 0.3 is 6.18 Å². The molecule has 0 aliphatic rings. The number of nitrogens with one attached hydrogen (secondary N) is 2. The van der Waals surface area contributed by atoms with Gasteiger partial charge in [0, 0.05) is 16.9 Å². The van der Waals surface area contributed by atoms with E-state index in [1.165, 1.54) is 31.2 Å². The van der Waals surface area contributed by atoms with Crippen LogP contribution in [0.2, 0.25) is 0 Å². The number of Topliss-reactive ketones (excluding diaryl/α,β-unsaturated/α-hetero) is 1. The zero-order valence-electron chi connectivity index (χ0n) is 14.8. The molecule has 0 heterocycles. The highest BCUT2D eigenvalue weighted by Crippen LogP contribution is 2.20. The highest BCUT2D eigenvalue weighted by molar-refractivity contribution is 5.97. The Hall–Kier alpha value is -3.03. The molecule has 0 unspecified atom stereocenters. The summed E-state index contributed by atoms with van der Waals surface area (Å²) in [6.07, 6.45) is -4.40. The second-order valence-corrected chi connectivity index (χ2v) is 5.92. The average Bonchev–Trinajstić information content (AvgIpc) is 2.61. The van der Waals surface area contributed by atoms with Crippen LogP contribution >= 0.6 is 0 Å². The summed E-state index contributed by atoms with van der Waals surface area (Å²) in [5.41, 5.74) is 1.66. The van der Waals surface area contributed by atoms with Gasteiger partial charge in [-0.3, -0.25) is 9.59 Å². The fourth-order valence-electron chi connectivity index (χ4n) is 2.17. The topological polar surface area (TPSA) is 67.4 Å². The van der Waals surface area contributed by atoms with Crippen molar-refractivity contribution in [1.82, 2.24) is 0 Å². The van der Waals surface area contributed by atoms with E-state index >= 15 is 0 Å². The van der Waals surface area contributed by atoms with Gasteiger partial charge in [0.25, 0.3) is 0 Å². The molecule has 0 radical (unpaired) electrons. The van der Waals surface area contributed by atoms with Crippen LogP contribution in [0.3, 0.4) is 0 Å². The number of amides is 1. The van der Waals surface area contributed by atoms with Crippen LogP contribution in [0.15, 0.2) is 48.5 Å². The van der Waals surface area contributed by atoms with Gasteiger partial charge in [-0.05, 0) is 62.4 Å². The van der Waals surface area contributed by atoms with Crippen molar-refractivity contribution in [2.75, 3.05) is 17.2 Å². The van der Waals surface area contributed by atoms with Gasteiger partial charge in [0.1, 0.15) is 11.8 Å². The van der Waals surface area contributed by atoms with Crippen LogP contribution < -0.4 is 15.4 Å². The van der Waals surface area contributed by atoms with Crippen molar-refractivity contribution in [1.29, 1.82) is 0 Å². The van der Waals surface area contributed by atoms with Crippen LogP contribution in [0.4, 0.5) is 24.5 Å². The quantitative estimate of drug-likeness (QED) is 0.704. The molecule has 0 saturated heterocycles. The molecule has 0 aliphatic heterocycles. The molecule has 0 fully saturated rings. The SMILES string of the molecule is CC(=O)c1ccc(NC(=O)[C@@H](C)Nc2ccc(OCC(F)(F)F)cc2)cc1. The average molecular weight is 380 g/mol. The lowest BCUT2D eigenvalue weighted by Gasteiger charge is -2.16. The lowest BCUT2D eigenvalue weighted by molar-refractivity contribution is -0.153. The highest BCUT2D eigenvalue weighted by Gasteiger charge is 2.28. The van der Waals surface area contributed by atoms with Gasteiger partial charge in [-0.15, -0.1) is 0 Å². The van der Waals surface area contributed by atoms with E-state index in [2.05, 4.69) is 15.4 Å². The summed E-state index contributed by atoms with van der Waals surface area (Å²) in [5.74, 6) is -0.283. The maximum Gasteiger partial charge on any atom is 0.422 e. The zero-order chi connectivity index (χ0) is 20.0. The van der Waals surface area contributed by atoms with Crippen LogP contribution in [-0.2, 0) is 4.79 Å². The molecule has 2 aromatic rings. The van der Waals surface area contributed by atoms with Gasteiger partial charge in [-0.25, -0.2) is 0 Å². The molecule has 0 aromatic heterocycles. The van der Waals surface area contributed by atoms with Crippen molar-refractivity contribution in [3.8, 4) is 5.75 Å². The predicted octanol–water partition coefficient (Wildman–Crippen LogP) is 4.27. The lowest BCUT2D eigenvalue weighted by Crippen LogP contribution is -2.31. The molecule has 0 bridgehead atoms. The molecule has 0 saturated carbocycles. The van der Waals surface area contributed by atoms with Crippen molar-refractivity contribution in [3.05, 3.63) is 54.1 Å². The van der Waals surface area contributed by atoms with Gasteiger partial charge in [0.2, 0.25) is 5.91 Å². The van der Waals surface area contributed by atoms with Gasteiger partial charge in [-0.2, -0.15) is 13.2 Å². The van der Waals surface area contributed by atoms with Crippen molar-refractivity contribution in [2.45, 2.75) is 26.1 Å². The van der Waals surface area contributed by atoms with Crippen LogP contribution in [0.25, 0.3) is 0 Å². The Bertz CT molecular complexity index is 787. The molecule has 144 valence electrons. The smallest absolute Gasteiger partial charge is 0.422 e. The third kappa shape index (κ3) is 6.65. The summed E-state index contributed by atoms with van der Waals surface area (Å²) in [6, 6.07) is 11.7. The Balaban J connectivity index is 1.89. The Labute approximate surface area is 154 Å². The number of rotatable bonds is 7. The highest BCUT2D eigenvalue weighted by atomic mass is 19.4. The van der Waals surface area contributed by atoms with Gasteiger partial charge in [-0.1, -0.05) is 0 Å². The Morgan fingerprint density at radius 1 is 1.00 bits per heavy atom. The van der Waals surface area contributed by atoms with E-state index in [9.17, 15) is 22.8 Å². The van der Waals surface area contributed by atoms with Crippen molar-refractivity contribution in [2.24, 2.45) is 0 Å². The van der Waals surface area contributed by atoms with Crippen molar-refractivity contribution in [3.63, 3.8) is 0 Å². The van der Waals surface area contributed by atoms with E-state index in [1.807, 2.05) is 0 Å². The van der Waals surface area contributed by atoms with E-state index < -0.39 is 18.8 Å². The van der Waals surface area contributed by atoms with Gasteiger partial charge in [0.05, 0.1) is 0 Å². The fraction of sp³-hybridized carbons (Fsp3) is 0.263. The molecule has 5 nitrogen and oxygen atoms in total. The van der Waals surface area contributed by atoms with Crippen LogP contribution in [-0.4, -0.2) is 30.5 Å². The third-order valence-electron chi connectivity index (χ3n) is 3.59. The minimum absolute atomic E-state index is 0.0643. The van der Waals surface area contributed by atoms with E-state index in [1.54, 1.807) is 31.2 Å². The number of alkyl halides is 3. The molecule has 27 heavy (non-hydrogen) atoms. The Morgan fingerprint density at radius 3 is 2.07 bits per heavy atom. The Morgan fingerprint density at radius 2 is 1.56 bits per heavy atom. The zero-order valence-corrected chi connectivity index (χ0v) is 14.8. The third-order valence-corrected chi connectivity index (χ3v) is 3.59. The molecule has 2 N–H and O–H groups in total. The minimum atomic E-state index is -4.40. The normalized spacial score (nSPS) is 12.2. The standard InChI is InChI=1S/C19H19F3N2O3/c1-12(18(26)24-16-5-3-14(4-6-16)13(2)25)23-15-7-9-17(10-8-15)27-11-19(20,21)22/h3-10,12,23H,11H2,1-2H3,(H,24,26)/t12-/m1/s1. The summed E-state index contributed by atoms with van der Waals surface area (Å²) in [6.45, 7) is 1.74. The Kier molecular flexibility index (Phi) is 6.44. The number of hydrogen-bond acceptors (Lipinski definition) is 4. The maximum atomic E-state index is 12.2. The van der Waals surface area contributed by atoms with Crippen LogP contribution in [0, 0.1) is 0 Å². The van der Waals surface area contributed by atoms with E-state index in [4.69, 9.17) is 0 Å². The second-order valence-electron chi connectivity index (χ2n) is 5.92. The fourth-order valence-corrected chi connectivity index (χ4v) is 2.17. The first kappa shape index (κ1) is 20.3. The number of hydrogen-bond donors (Lipinski definition) is 2. The molecule has 2 aromatic carbocycles. The van der Waals surface area contributed by atoms with E-state index in [0.717, 1.165) is 0 Å². The van der Waals surface area contributed by atoms with Gasteiger partial charge in [0.15, 0.2) is 12.4 Å². The lowest BCUT2D eigenvalue weighted by atomic mass is 10.1. The van der Waals surface area contributed by atoms with Crippen molar-refractivity contribution >= 4 is 23.1 Å². The second kappa shape index (κ2) is 8.57. The predicted molar refractivity (Wildman–Crippen MR) is 96.2 cm³/mol. The number of carbonyl (C=O) groups is 2. The summed E-state index contributed by atoms with van der Waals surface area (Å²) >= 11 is 0. The summed E-state index contributed by atoms with van der Waals surface area (Å²) in [5, 5.41) is 5.66. The number of halogens is 3. The largest absolute Gasteiger partial charge is 0.484 e. The summed E-state index contributed by atoms with van der Waals surface area (Å²) in [4.78, 5) is 23.5. The monoisotopic (exact) mass is 380 g/mol. The van der Waals surface area contributed by atoms with E-state index in [-0.39, 0.29) is 17.4 Å². The molecular weight excluding hydrogens is 361 g/mol. The molecule has 8 heteroatoms. The maximum absolute atomic E-state index is 12.2. The molecule has 0 spiro atoms. The van der Waals surface area contributed by atoms with Gasteiger partial charge < -0.3 is 15.4 Å². The number of ketones is 1. The number of anilines is 2. The van der Waals surface area contributed by atoms with E-state index in [0.29, 0.717) is 16.9 Å². The summed E-state index contributed by atoms with van der Waals surface area (Å²) in [7, 11) is 0. The first-order chi connectivity index (χ1) is 12.6. The summed E-state index contributed by atoms with van der Waals surface area (Å²) < 4.78 is 41.0.